The standard InChI is InChI=1S/C26H28N2O3/c1-19-23(27-26(31-19)22-7-4-3-5-8-22)16-18-28-17-6-9-24(28)21-13-10-20(11-14-21)12-15-25(29)30-2/h3-5,7-8,10-15,24H,6,9,16-18H2,1-2H3/b15-12+. The first-order valence-corrected chi connectivity index (χ1v) is 10.8. The summed E-state index contributed by atoms with van der Waals surface area (Å²) in [4.78, 5) is 18.6. The molecule has 1 unspecified atom stereocenters. The second-order valence-electron chi connectivity index (χ2n) is 7.86. The first-order chi connectivity index (χ1) is 15.1. The Bertz CT molecular complexity index is 1040. The summed E-state index contributed by atoms with van der Waals surface area (Å²) in [6, 6.07) is 18.9. The van der Waals surface area contributed by atoms with Gasteiger partial charge in [0.05, 0.1) is 12.8 Å². The molecule has 160 valence electrons. The Morgan fingerprint density at radius 3 is 2.71 bits per heavy atom. The van der Waals surface area contributed by atoms with Gasteiger partial charge in [0.25, 0.3) is 0 Å². The van der Waals surface area contributed by atoms with Crippen LogP contribution in [0.25, 0.3) is 17.5 Å². The molecule has 0 spiro atoms. The molecule has 5 nitrogen and oxygen atoms in total. The zero-order valence-corrected chi connectivity index (χ0v) is 18.1. The molecule has 0 amide bonds. The van der Waals surface area contributed by atoms with E-state index in [-0.39, 0.29) is 5.97 Å². The Balaban J connectivity index is 1.40. The van der Waals surface area contributed by atoms with Crippen LogP contribution in [0.1, 0.15) is 41.5 Å². The molecular formula is C26H28N2O3. The number of carbonyl (C=O) groups excluding carboxylic acids is 1. The van der Waals surface area contributed by atoms with Crippen molar-refractivity contribution >= 4 is 12.0 Å². The van der Waals surface area contributed by atoms with Crippen LogP contribution in [0.4, 0.5) is 0 Å². The van der Waals surface area contributed by atoms with Crippen LogP contribution in [0, 0.1) is 6.92 Å². The van der Waals surface area contributed by atoms with E-state index in [1.165, 1.54) is 25.2 Å². The van der Waals surface area contributed by atoms with E-state index in [2.05, 4.69) is 33.9 Å². The van der Waals surface area contributed by atoms with Gasteiger partial charge in [-0.05, 0) is 55.6 Å². The van der Waals surface area contributed by atoms with Gasteiger partial charge in [-0.2, -0.15) is 0 Å². The van der Waals surface area contributed by atoms with Gasteiger partial charge in [-0.15, -0.1) is 0 Å². The van der Waals surface area contributed by atoms with Crippen molar-refractivity contribution in [2.24, 2.45) is 0 Å². The Morgan fingerprint density at radius 2 is 1.97 bits per heavy atom. The molecule has 1 aliphatic heterocycles. The third-order valence-corrected chi connectivity index (χ3v) is 5.85. The van der Waals surface area contributed by atoms with E-state index < -0.39 is 0 Å². The van der Waals surface area contributed by atoms with Crippen molar-refractivity contribution in [3.63, 3.8) is 0 Å². The minimum atomic E-state index is -0.343. The van der Waals surface area contributed by atoms with Crippen LogP contribution in [0.15, 0.2) is 65.1 Å². The third-order valence-electron chi connectivity index (χ3n) is 5.85. The van der Waals surface area contributed by atoms with Crippen LogP contribution in [0.3, 0.4) is 0 Å². The summed E-state index contributed by atoms with van der Waals surface area (Å²) in [7, 11) is 1.38. The van der Waals surface area contributed by atoms with Gasteiger partial charge in [0, 0.05) is 30.6 Å². The molecule has 3 aromatic rings. The van der Waals surface area contributed by atoms with Crippen molar-refractivity contribution < 1.29 is 13.9 Å². The number of nitrogens with zero attached hydrogens (tertiary/aromatic N) is 2. The molecular weight excluding hydrogens is 388 g/mol. The van der Waals surface area contributed by atoms with Gasteiger partial charge in [0.15, 0.2) is 0 Å². The van der Waals surface area contributed by atoms with Gasteiger partial charge in [-0.25, -0.2) is 9.78 Å². The van der Waals surface area contributed by atoms with Crippen molar-refractivity contribution in [1.82, 2.24) is 9.88 Å². The maximum atomic E-state index is 11.3. The summed E-state index contributed by atoms with van der Waals surface area (Å²) in [5.41, 5.74) is 4.35. The molecule has 0 saturated carbocycles. The molecule has 1 aliphatic rings. The molecule has 31 heavy (non-hydrogen) atoms. The number of likely N-dealkylation sites (tertiary alicyclic amines) is 1. The Labute approximate surface area is 183 Å². The topological polar surface area (TPSA) is 55.6 Å². The summed E-state index contributed by atoms with van der Waals surface area (Å²) < 4.78 is 10.6. The second-order valence-corrected chi connectivity index (χ2v) is 7.86. The molecule has 2 heterocycles. The van der Waals surface area contributed by atoms with Crippen LogP contribution in [0.2, 0.25) is 0 Å². The number of aryl methyl sites for hydroxylation is 1. The number of benzene rings is 2. The molecule has 1 saturated heterocycles. The van der Waals surface area contributed by atoms with Crippen molar-refractivity contribution in [2.45, 2.75) is 32.2 Å². The average Bonchev–Trinajstić information content (AvgIpc) is 3.43. The maximum Gasteiger partial charge on any atom is 0.330 e. The number of esters is 1. The van der Waals surface area contributed by atoms with E-state index in [1.807, 2.05) is 37.3 Å². The number of ether oxygens (including phenoxy) is 1. The lowest BCUT2D eigenvalue weighted by molar-refractivity contribution is -0.134. The molecule has 0 bridgehead atoms. The number of hydrogen-bond acceptors (Lipinski definition) is 5. The van der Waals surface area contributed by atoms with Crippen molar-refractivity contribution in [2.75, 3.05) is 20.2 Å². The fourth-order valence-electron chi connectivity index (χ4n) is 4.15. The summed E-state index contributed by atoms with van der Waals surface area (Å²) in [6.07, 6.45) is 6.45. The van der Waals surface area contributed by atoms with E-state index in [0.717, 1.165) is 48.5 Å². The molecule has 4 rings (SSSR count). The highest BCUT2D eigenvalue weighted by Crippen LogP contribution is 2.32. The van der Waals surface area contributed by atoms with E-state index in [1.54, 1.807) is 6.08 Å². The zero-order valence-electron chi connectivity index (χ0n) is 18.1. The number of aromatic nitrogens is 1. The summed E-state index contributed by atoms with van der Waals surface area (Å²) in [6.45, 7) is 4.05. The van der Waals surface area contributed by atoms with E-state index in [4.69, 9.17) is 9.40 Å². The largest absolute Gasteiger partial charge is 0.466 e. The lowest BCUT2D eigenvalue weighted by Crippen LogP contribution is -2.26. The minimum absolute atomic E-state index is 0.343. The maximum absolute atomic E-state index is 11.3. The lowest BCUT2D eigenvalue weighted by atomic mass is 10.0. The van der Waals surface area contributed by atoms with Crippen molar-refractivity contribution in [1.29, 1.82) is 0 Å². The van der Waals surface area contributed by atoms with Crippen LogP contribution >= 0.6 is 0 Å². The van der Waals surface area contributed by atoms with Gasteiger partial charge < -0.3 is 9.15 Å². The van der Waals surface area contributed by atoms with Gasteiger partial charge >= 0.3 is 5.97 Å². The Kier molecular flexibility index (Phi) is 6.63. The number of oxazole rings is 1. The molecule has 0 N–H and O–H groups in total. The quantitative estimate of drug-likeness (QED) is 0.391. The molecule has 0 aliphatic carbocycles. The zero-order chi connectivity index (χ0) is 21.6. The van der Waals surface area contributed by atoms with E-state index in [0.29, 0.717) is 11.9 Å². The predicted molar refractivity (Wildman–Crippen MR) is 121 cm³/mol. The highest BCUT2D eigenvalue weighted by molar-refractivity contribution is 5.86. The van der Waals surface area contributed by atoms with Crippen LogP contribution in [-0.2, 0) is 16.0 Å². The lowest BCUT2D eigenvalue weighted by Gasteiger charge is -2.24. The molecule has 2 aromatic carbocycles. The Hall–Kier alpha value is -3.18. The van der Waals surface area contributed by atoms with Crippen molar-refractivity contribution in [3.05, 3.63) is 83.3 Å². The first kappa shape index (κ1) is 21.1. The number of carbonyl (C=O) groups is 1. The third kappa shape index (κ3) is 5.12. The molecule has 0 radical (unpaired) electrons. The fourth-order valence-corrected chi connectivity index (χ4v) is 4.15. The van der Waals surface area contributed by atoms with Crippen LogP contribution in [0.5, 0.6) is 0 Å². The predicted octanol–water partition coefficient (Wildman–Crippen LogP) is 5.22. The minimum Gasteiger partial charge on any atom is -0.466 e. The van der Waals surface area contributed by atoms with Crippen LogP contribution in [-0.4, -0.2) is 36.1 Å². The van der Waals surface area contributed by atoms with Crippen LogP contribution < -0.4 is 0 Å². The fraction of sp³-hybridized carbons (Fsp3) is 0.308. The monoisotopic (exact) mass is 416 g/mol. The van der Waals surface area contributed by atoms with Gasteiger partial charge in [0.2, 0.25) is 5.89 Å². The molecule has 1 atom stereocenters. The second kappa shape index (κ2) is 9.75. The van der Waals surface area contributed by atoms with Gasteiger partial charge in [-0.3, -0.25) is 4.90 Å². The number of rotatable bonds is 7. The number of methoxy groups -OCH3 is 1. The van der Waals surface area contributed by atoms with Gasteiger partial charge in [-0.1, -0.05) is 42.5 Å². The number of hydrogen-bond donors (Lipinski definition) is 0. The smallest absolute Gasteiger partial charge is 0.330 e. The highest BCUT2D eigenvalue weighted by Gasteiger charge is 2.26. The van der Waals surface area contributed by atoms with E-state index in [9.17, 15) is 4.79 Å². The average molecular weight is 417 g/mol. The summed E-state index contributed by atoms with van der Waals surface area (Å²) in [5, 5.41) is 0. The SMILES string of the molecule is COC(=O)/C=C/c1ccc(C2CCCN2CCc2nc(-c3ccccc3)oc2C)cc1. The van der Waals surface area contributed by atoms with Crippen molar-refractivity contribution in [3.8, 4) is 11.5 Å². The van der Waals surface area contributed by atoms with Gasteiger partial charge in [0.1, 0.15) is 5.76 Å². The highest BCUT2D eigenvalue weighted by atomic mass is 16.5. The summed E-state index contributed by atoms with van der Waals surface area (Å²) >= 11 is 0. The Morgan fingerprint density at radius 1 is 1.19 bits per heavy atom. The molecule has 5 heteroatoms. The molecule has 1 aromatic heterocycles. The molecule has 1 fully saturated rings. The van der Waals surface area contributed by atoms with E-state index >= 15 is 0 Å². The normalized spacial score (nSPS) is 16.8. The summed E-state index contributed by atoms with van der Waals surface area (Å²) in [5.74, 6) is 1.25. The first-order valence-electron chi connectivity index (χ1n) is 10.8.